The van der Waals surface area contributed by atoms with Gasteiger partial charge in [0.05, 0.1) is 0 Å². The number of fused-ring (bicyclic) bond motifs is 1. The van der Waals surface area contributed by atoms with Crippen LogP contribution in [0.15, 0.2) is 4.52 Å². The maximum Gasteiger partial charge on any atom is 0.140 e. The molecule has 1 heterocycles. The second kappa shape index (κ2) is 3.27. The first-order valence-electron chi connectivity index (χ1n) is 4.52. The van der Waals surface area contributed by atoms with Gasteiger partial charge in [-0.3, -0.25) is 0 Å². The highest BCUT2D eigenvalue weighted by Crippen LogP contribution is 2.23. The van der Waals surface area contributed by atoms with Gasteiger partial charge in [-0.25, -0.2) is 0 Å². The Bertz CT molecular complexity index is 267. The molecule has 1 aliphatic carbocycles. The van der Waals surface area contributed by atoms with Gasteiger partial charge in [0.1, 0.15) is 11.5 Å². The summed E-state index contributed by atoms with van der Waals surface area (Å²) in [5.41, 5.74) is 2.46. The second-order valence-corrected chi connectivity index (χ2v) is 3.27. The third kappa shape index (κ3) is 1.25. The van der Waals surface area contributed by atoms with E-state index in [2.05, 4.69) is 10.5 Å². The van der Waals surface area contributed by atoms with Crippen LogP contribution < -0.4 is 5.32 Å². The van der Waals surface area contributed by atoms with Gasteiger partial charge in [-0.05, 0) is 26.3 Å². The molecular formula is C9H14N2O. The lowest BCUT2D eigenvalue weighted by Gasteiger charge is -2.08. The Morgan fingerprint density at radius 3 is 3.08 bits per heavy atom. The molecule has 0 radical (unpaired) electrons. The first-order valence-corrected chi connectivity index (χ1v) is 4.52. The summed E-state index contributed by atoms with van der Waals surface area (Å²) < 4.78 is 5.25. The normalized spacial score (nSPS) is 16.1. The zero-order valence-corrected chi connectivity index (χ0v) is 7.39. The van der Waals surface area contributed by atoms with Crippen molar-refractivity contribution in [1.29, 1.82) is 0 Å². The molecule has 0 aliphatic heterocycles. The summed E-state index contributed by atoms with van der Waals surface area (Å²) in [7, 11) is 1.93. The van der Waals surface area contributed by atoms with Crippen LogP contribution in [0.4, 0.5) is 0 Å². The van der Waals surface area contributed by atoms with E-state index in [1.54, 1.807) is 0 Å². The van der Waals surface area contributed by atoms with Gasteiger partial charge >= 0.3 is 0 Å². The van der Waals surface area contributed by atoms with Crippen molar-refractivity contribution in [2.45, 2.75) is 32.2 Å². The Morgan fingerprint density at radius 1 is 1.42 bits per heavy atom. The molecule has 12 heavy (non-hydrogen) atoms. The SMILES string of the molecule is CNCc1noc2c1CCCC2. The van der Waals surface area contributed by atoms with Crippen LogP contribution in [0.5, 0.6) is 0 Å². The number of rotatable bonds is 2. The van der Waals surface area contributed by atoms with Gasteiger partial charge in [0.25, 0.3) is 0 Å². The van der Waals surface area contributed by atoms with Crippen LogP contribution in [0.3, 0.4) is 0 Å². The van der Waals surface area contributed by atoms with Crippen molar-refractivity contribution < 1.29 is 4.52 Å². The average Bonchev–Trinajstić information content (AvgIpc) is 2.50. The lowest BCUT2D eigenvalue weighted by atomic mass is 9.96. The van der Waals surface area contributed by atoms with Crippen molar-refractivity contribution in [3.63, 3.8) is 0 Å². The molecule has 0 saturated heterocycles. The minimum absolute atomic E-state index is 0.832. The largest absolute Gasteiger partial charge is 0.361 e. The fourth-order valence-electron chi connectivity index (χ4n) is 1.76. The third-order valence-electron chi connectivity index (χ3n) is 2.38. The van der Waals surface area contributed by atoms with Crippen molar-refractivity contribution in [1.82, 2.24) is 10.5 Å². The van der Waals surface area contributed by atoms with Crippen molar-refractivity contribution in [3.05, 3.63) is 17.0 Å². The number of hydrogen-bond acceptors (Lipinski definition) is 3. The summed E-state index contributed by atoms with van der Waals surface area (Å²) >= 11 is 0. The van der Waals surface area contributed by atoms with Crippen molar-refractivity contribution in [2.75, 3.05) is 7.05 Å². The topological polar surface area (TPSA) is 38.1 Å². The number of aromatic nitrogens is 1. The highest BCUT2D eigenvalue weighted by molar-refractivity contribution is 5.25. The van der Waals surface area contributed by atoms with Gasteiger partial charge in [-0.15, -0.1) is 0 Å². The van der Waals surface area contributed by atoms with Gasteiger partial charge in [0, 0.05) is 18.5 Å². The van der Waals surface area contributed by atoms with Gasteiger partial charge in [0.15, 0.2) is 0 Å². The molecule has 66 valence electrons. The van der Waals surface area contributed by atoms with E-state index < -0.39 is 0 Å². The van der Waals surface area contributed by atoms with Crippen molar-refractivity contribution in [2.24, 2.45) is 0 Å². The van der Waals surface area contributed by atoms with Crippen LogP contribution in [-0.4, -0.2) is 12.2 Å². The monoisotopic (exact) mass is 166 g/mol. The van der Waals surface area contributed by atoms with Crippen LogP contribution in [0, 0.1) is 0 Å². The molecule has 1 N–H and O–H groups in total. The summed E-state index contributed by atoms with van der Waals surface area (Å²) in [6, 6.07) is 0. The lowest BCUT2D eigenvalue weighted by Crippen LogP contribution is -2.09. The van der Waals surface area contributed by atoms with E-state index in [4.69, 9.17) is 4.52 Å². The van der Waals surface area contributed by atoms with Gasteiger partial charge < -0.3 is 9.84 Å². The van der Waals surface area contributed by atoms with Crippen LogP contribution in [0.1, 0.15) is 29.9 Å². The fourth-order valence-corrected chi connectivity index (χ4v) is 1.76. The Hall–Kier alpha value is -0.830. The zero-order valence-electron chi connectivity index (χ0n) is 7.39. The predicted molar refractivity (Wildman–Crippen MR) is 45.9 cm³/mol. The van der Waals surface area contributed by atoms with Crippen molar-refractivity contribution >= 4 is 0 Å². The van der Waals surface area contributed by atoms with Crippen LogP contribution in [0.2, 0.25) is 0 Å². The molecular weight excluding hydrogens is 152 g/mol. The number of hydrogen-bond donors (Lipinski definition) is 1. The van der Waals surface area contributed by atoms with Crippen LogP contribution in [-0.2, 0) is 19.4 Å². The molecule has 0 saturated carbocycles. The summed E-state index contributed by atoms with van der Waals surface area (Å²) in [6.45, 7) is 0.832. The summed E-state index contributed by atoms with van der Waals surface area (Å²) in [5.74, 6) is 1.12. The summed E-state index contributed by atoms with van der Waals surface area (Å²) in [6.07, 6.45) is 4.76. The van der Waals surface area contributed by atoms with E-state index in [0.29, 0.717) is 0 Å². The number of aryl methyl sites for hydroxylation is 1. The average molecular weight is 166 g/mol. The maximum atomic E-state index is 5.25. The van der Waals surface area contributed by atoms with E-state index in [-0.39, 0.29) is 0 Å². The zero-order chi connectivity index (χ0) is 8.39. The third-order valence-corrected chi connectivity index (χ3v) is 2.38. The van der Waals surface area contributed by atoms with E-state index in [1.807, 2.05) is 7.05 Å². The smallest absolute Gasteiger partial charge is 0.140 e. The highest BCUT2D eigenvalue weighted by Gasteiger charge is 2.18. The molecule has 0 spiro atoms. The Kier molecular flexibility index (Phi) is 2.13. The first kappa shape index (κ1) is 7.80. The molecule has 0 bridgehead atoms. The van der Waals surface area contributed by atoms with Crippen LogP contribution >= 0.6 is 0 Å². The molecule has 3 heteroatoms. The molecule has 1 aromatic heterocycles. The van der Waals surface area contributed by atoms with E-state index in [0.717, 1.165) is 30.8 Å². The quantitative estimate of drug-likeness (QED) is 0.719. The predicted octanol–water partition coefficient (Wildman–Crippen LogP) is 1.27. The first-order chi connectivity index (χ1) is 5.92. The molecule has 0 aromatic carbocycles. The molecule has 0 atom stereocenters. The van der Waals surface area contributed by atoms with E-state index in [1.165, 1.54) is 18.4 Å². The molecule has 0 amide bonds. The Balaban J connectivity index is 2.25. The molecule has 0 unspecified atom stereocenters. The van der Waals surface area contributed by atoms with Gasteiger partial charge in [-0.2, -0.15) is 0 Å². The molecule has 1 aliphatic rings. The van der Waals surface area contributed by atoms with E-state index in [9.17, 15) is 0 Å². The molecule has 1 aromatic rings. The van der Waals surface area contributed by atoms with Gasteiger partial charge in [0.2, 0.25) is 0 Å². The molecule has 2 rings (SSSR count). The van der Waals surface area contributed by atoms with Crippen LogP contribution in [0.25, 0.3) is 0 Å². The molecule has 3 nitrogen and oxygen atoms in total. The van der Waals surface area contributed by atoms with Crippen molar-refractivity contribution in [3.8, 4) is 0 Å². The van der Waals surface area contributed by atoms with E-state index >= 15 is 0 Å². The number of nitrogens with one attached hydrogen (secondary N) is 1. The standard InChI is InChI=1S/C9H14N2O/c1-10-6-8-7-4-2-3-5-9(7)12-11-8/h10H,2-6H2,1H3. The lowest BCUT2D eigenvalue weighted by molar-refractivity contribution is 0.367. The summed E-state index contributed by atoms with van der Waals surface area (Å²) in [4.78, 5) is 0. The maximum absolute atomic E-state index is 5.25. The number of nitrogens with zero attached hydrogens (tertiary/aromatic N) is 1. The highest BCUT2D eigenvalue weighted by atomic mass is 16.5. The minimum atomic E-state index is 0.832. The second-order valence-electron chi connectivity index (χ2n) is 3.27. The minimum Gasteiger partial charge on any atom is -0.361 e. The van der Waals surface area contributed by atoms with Gasteiger partial charge in [-0.1, -0.05) is 5.16 Å². The fraction of sp³-hybridized carbons (Fsp3) is 0.667. The Labute approximate surface area is 72.1 Å². The molecule has 0 fully saturated rings. The Morgan fingerprint density at radius 2 is 2.25 bits per heavy atom. The summed E-state index contributed by atoms with van der Waals surface area (Å²) in [5, 5.41) is 7.15.